The van der Waals surface area contributed by atoms with Gasteiger partial charge in [0.15, 0.2) is 0 Å². The van der Waals surface area contributed by atoms with Crippen LogP contribution in [0.5, 0.6) is 0 Å². The number of hydrogen-bond acceptors (Lipinski definition) is 2. The van der Waals surface area contributed by atoms with E-state index < -0.39 is 0 Å². The van der Waals surface area contributed by atoms with Crippen molar-refractivity contribution in [2.45, 2.75) is 13.5 Å². The number of benzene rings is 1. The summed E-state index contributed by atoms with van der Waals surface area (Å²) in [5, 5.41) is 1.60. The molecule has 1 aliphatic heterocycles. The number of hydrogen-bond donors (Lipinski definition) is 1. The molecule has 0 saturated carbocycles. The monoisotopic (exact) mass is 300 g/mol. The zero-order valence-electron chi connectivity index (χ0n) is 13.1. The van der Waals surface area contributed by atoms with Crippen molar-refractivity contribution in [1.29, 1.82) is 0 Å². The molecule has 1 aromatic carbocycles. The molecule has 1 saturated heterocycles. The van der Waals surface area contributed by atoms with Gasteiger partial charge in [-0.3, -0.25) is 9.59 Å². The van der Waals surface area contributed by atoms with Crippen LogP contribution in [0.25, 0.3) is 10.8 Å². The van der Waals surface area contributed by atoms with Gasteiger partial charge in [-0.2, -0.15) is 0 Å². The SMILES string of the molecule is Cc1cc2ccccc2c(=O)n1CC(=O)N1CC[NH+](C)CC1. The Labute approximate surface area is 129 Å². The van der Waals surface area contributed by atoms with E-state index in [9.17, 15) is 9.59 Å². The number of rotatable bonds is 2. The number of fused-ring (bicyclic) bond motifs is 1. The summed E-state index contributed by atoms with van der Waals surface area (Å²) in [6, 6.07) is 9.49. The normalized spacial score (nSPS) is 16.2. The number of nitrogens with one attached hydrogen (secondary N) is 1. The van der Waals surface area contributed by atoms with E-state index in [-0.39, 0.29) is 18.0 Å². The number of aromatic nitrogens is 1. The minimum atomic E-state index is -0.0799. The van der Waals surface area contributed by atoms with Gasteiger partial charge in [0, 0.05) is 11.1 Å². The predicted octanol–water partition coefficient (Wildman–Crippen LogP) is -0.333. The van der Waals surface area contributed by atoms with Crippen molar-refractivity contribution in [2.75, 3.05) is 33.2 Å². The van der Waals surface area contributed by atoms with Gasteiger partial charge in [-0.25, -0.2) is 0 Å². The first kappa shape index (κ1) is 14.8. The molecule has 2 aromatic rings. The highest BCUT2D eigenvalue weighted by molar-refractivity contribution is 5.82. The summed E-state index contributed by atoms with van der Waals surface area (Å²) in [4.78, 5) is 28.4. The van der Waals surface area contributed by atoms with Gasteiger partial charge in [0.25, 0.3) is 5.56 Å². The molecule has 1 N–H and O–H groups in total. The quantitative estimate of drug-likeness (QED) is 0.825. The number of pyridine rings is 1. The van der Waals surface area contributed by atoms with Crippen LogP contribution >= 0.6 is 0 Å². The number of likely N-dealkylation sites (N-methyl/N-ethyl adjacent to an activating group) is 1. The number of aryl methyl sites for hydroxylation is 1. The number of amides is 1. The smallest absolute Gasteiger partial charge is 0.259 e. The van der Waals surface area contributed by atoms with Crippen LogP contribution < -0.4 is 10.5 Å². The van der Waals surface area contributed by atoms with Crippen molar-refractivity contribution in [3.05, 3.63) is 46.4 Å². The van der Waals surface area contributed by atoms with Crippen molar-refractivity contribution >= 4 is 16.7 Å². The van der Waals surface area contributed by atoms with Crippen molar-refractivity contribution in [1.82, 2.24) is 9.47 Å². The van der Waals surface area contributed by atoms with Crippen LogP contribution in [0.4, 0.5) is 0 Å². The number of nitrogens with zero attached hydrogens (tertiary/aromatic N) is 2. The maximum atomic E-state index is 12.6. The van der Waals surface area contributed by atoms with Crippen LogP contribution in [-0.2, 0) is 11.3 Å². The first-order valence-corrected chi connectivity index (χ1v) is 7.74. The summed E-state index contributed by atoms with van der Waals surface area (Å²) in [6.45, 7) is 5.50. The Hall–Kier alpha value is -2.14. The molecule has 1 aromatic heterocycles. The lowest BCUT2D eigenvalue weighted by molar-refractivity contribution is -0.883. The van der Waals surface area contributed by atoms with Gasteiger partial charge in [-0.15, -0.1) is 0 Å². The van der Waals surface area contributed by atoms with Gasteiger partial charge in [0.2, 0.25) is 5.91 Å². The van der Waals surface area contributed by atoms with Crippen molar-refractivity contribution in [2.24, 2.45) is 0 Å². The average Bonchev–Trinajstić information content (AvgIpc) is 2.52. The van der Waals surface area contributed by atoms with Gasteiger partial charge < -0.3 is 14.4 Å². The summed E-state index contributed by atoms with van der Waals surface area (Å²) >= 11 is 0. The molecule has 22 heavy (non-hydrogen) atoms. The maximum absolute atomic E-state index is 12.6. The lowest BCUT2D eigenvalue weighted by Gasteiger charge is -2.30. The van der Waals surface area contributed by atoms with Crippen LogP contribution in [0.3, 0.4) is 0 Å². The fraction of sp³-hybridized carbons (Fsp3) is 0.412. The lowest BCUT2D eigenvalue weighted by Crippen LogP contribution is -3.12. The molecule has 2 heterocycles. The van der Waals surface area contributed by atoms with E-state index in [1.807, 2.05) is 42.2 Å². The Morgan fingerprint density at radius 3 is 2.64 bits per heavy atom. The largest absolute Gasteiger partial charge is 0.334 e. The molecule has 5 nitrogen and oxygen atoms in total. The highest BCUT2D eigenvalue weighted by Crippen LogP contribution is 2.11. The number of carbonyl (C=O) groups excluding carboxylic acids is 1. The van der Waals surface area contributed by atoms with E-state index in [1.54, 1.807) is 4.57 Å². The Balaban J connectivity index is 1.87. The second-order valence-electron chi connectivity index (χ2n) is 6.10. The highest BCUT2D eigenvalue weighted by atomic mass is 16.2. The second kappa shape index (κ2) is 5.93. The Morgan fingerprint density at radius 1 is 1.23 bits per heavy atom. The lowest BCUT2D eigenvalue weighted by atomic mass is 10.1. The Morgan fingerprint density at radius 2 is 1.91 bits per heavy atom. The van der Waals surface area contributed by atoms with E-state index in [2.05, 4.69) is 7.05 Å². The number of carbonyl (C=O) groups is 1. The molecule has 0 aliphatic carbocycles. The fourth-order valence-corrected chi connectivity index (χ4v) is 3.00. The van der Waals surface area contributed by atoms with Gasteiger partial charge in [0.05, 0.1) is 33.2 Å². The Kier molecular flexibility index (Phi) is 3.98. The van der Waals surface area contributed by atoms with Gasteiger partial charge >= 0.3 is 0 Å². The van der Waals surface area contributed by atoms with E-state index in [0.717, 1.165) is 37.3 Å². The summed E-state index contributed by atoms with van der Waals surface area (Å²) in [7, 11) is 2.14. The summed E-state index contributed by atoms with van der Waals surface area (Å²) in [6.07, 6.45) is 0. The van der Waals surface area contributed by atoms with Crippen LogP contribution in [0.2, 0.25) is 0 Å². The number of piperazine rings is 1. The molecule has 1 fully saturated rings. The minimum Gasteiger partial charge on any atom is -0.334 e. The molecule has 5 heteroatoms. The van der Waals surface area contributed by atoms with E-state index in [4.69, 9.17) is 0 Å². The molecule has 116 valence electrons. The topological polar surface area (TPSA) is 46.8 Å². The molecule has 3 rings (SSSR count). The average molecular weight is 300 g/mol. The summed E-state index contributed by atoms with van der Waals surface area (Å²) < 4.78 is 1.59. The molecular formula is C17H22N3O2+. The van der Waals surface area contributed by atoms with Gasteiger partial charge in [0.1, 0.15) is 6.54 Å². The first-order valence-electron chi connectivity index (χ1n) is 7.74. The molecule has 0 spiro atoms. The number of quaternary nitrogens is 1. The molecule has 0 radical (unpaired) electrons. The van der Waals surface area contributed by atoms with Crippen molar-refractivity contribution in [3.8, 4) is 0 Å². The van der Waals surface area contributed by atoms with Crippen molar-refractivity contribution < 1.29 is 9.69 Å². The molecule has 1 aliphatic rings. The molecule has 0 atom stereocenters. The summed E-state index contributed by atoms with van der Waals surface area (Å²) in [5.74, 6) is 0.0352. The zero-order chi connectivity index (χ0) is 15.7. The van der Waals surface area contributed by atoms with Crippen LogP contribution in [-0.4, -0.2) is 48.6 Å². The van der Waals surface area contributed by atoms with Crippen molar-refractivity contribution in [3.63, 3.8) is 0 Å². The minimum absolute atomic E-state index is 0.0352. The van der Waals surface area contributed by atoms with E-state index >= 15 is 0 Å². The zero-order valence-corrected chi connectivity index (χ0v) is 13.1. The highest BCUT2D eigenvalue weighted by Gasteiger charge is 2.22. The predicted molar refractivity (Wildman–Crippen MR) is 86.1 cm³/mol. The Bertz CT molecular complexity index is 758. The fourth-order valence-electron chi connectivity index (χ4n) is 3.00. The third-order valence-electron chi connectivity index (χ3n) is 4.49. The second-order valence-corrected chi connectivity index (χ2v) is 6.10. The molecular weight excluding hydrogens is 278 g/mol. The standard InChI is InChI=1S/C17H21N3O2/c1-13-11-14-5-3-4-6-15(14)17(22)20(13)12-16(21)19-9-7-18(2)8-10-19/h3-6,11H,7-10,12H2,1-2H3/p+1. The van der Waals surface area contributed by atoms with Crippen LogP contribution in [0, 0.1) is 6.92 Å². The summed E-state index contributed by atoms with van der Waals surface area (Å²) in [5.41, 5.74) is 0.750. The van der Waals surface area contributed by atoms with Gasteiger partial charge in [-0.05, 0) is 24.4 Å². The van der Waals surface area contributed by atoms with Gasteiger partial charge in [-0.1, -0.05) is 18.2 Å². The van der Waals surface area contributed by atoms with Crippen LogP contribution in [0.1, 0.15) is 5.69 Å². The molecule has 0 unspecified atom stereocenters. The van der Waals surface area contributed by atoms with E-state index in [0.29, 0.717) is 5.39 Å². The molecule has 1 amide bonds. The first-order chi connectivity index (χ1) is 10.6. The third kappa shape index (κ3) is 2.76. The van der Waals surface area contributed by atoms with E-state index in [1.165, 1.54) is 4.90 Å². The van der Waals surface area contributed by atoms with Crippen LogP contribution in [0.15, 0.2) is 35.1 Å². The maximum Gasteiger partial charge on any atom is 0.259 e. The molecule has 0 bridgehead atoms. The third-order valence-corrected chi connectivity index (χ3v) is 4.49.